The van der Waals surface area contributed by atoms with Crippen LogP contribution in [0.1, 0.15) is 23.4 Å². The van der Waals surface area contributed by atoms with E-state index in [1.165, 1.54) is 47.6 Å². The molecule has 4 aromatic rings. The average Bonchev–Trinajstić information content (AvgIpc) is 3.44. The van der Waals surface area contributed by atoms with Gasteiger partial charge in [0.2, 0.25) is 21.5 Å². The monoisotopic (exact) mass is 603 g/mol. The van der Waals surface area contributed by atoms with E-state index in [4.69, 9.17) is 21.1 Å². The normalized spacial score (nSPS) is 12.2. The lowest BCUT2D eigenvalue weighted by atomic mass is 10.0. The van der Waals surface area contributed by atoms with Gasteiger partial charge >= 0.3 is 5.97 Å². The molecule has 40 heavy (non-hydrogen) atoms. The molecule has 0 unspecified atom stereocenters. The molecule has 10 nitrogen and oxygen atoms in total. The smallest absolute Gasteiger partial charge is 0.325 e. The second kappa shape index (κ2) is 12.6. The maximum Gasteiger partial charge on any atom is 0.325 e. The summed E-state index contributed by atoms with van der Waals surface area (Å²) in [5.74, 6) is -1.07. The number of hydrogen-bond acceptors (Lipinski definition) is 8. The van der Waals surface area contributed by atoms with Gasteiger partial charge in [0.15, 0.2) is 0 Å². The Morgan fingerprint density at radius 3 is 2.60 bits per heavy atom. The Labute approximate surface area is 239 Å². The molecular formula is C27H26ClN3O7S2. The Balaban J connectivity index is 1.79. The number of aromatic nitrogens is 1. The quantitative estimate of drug-likeness (QED) is 0.249. The summed E-state index contributed by atoms with van der Waals surface area (Å²) >= 11 is 7.73. The van der Waals surface area contributed by atoms with Crippen molar-refractivity contribution in [1.82, 2.24) is 14.6 Å². The van der Waals surface area contributed by atoms with Crippen LogP contribution in [0.25, 0.3) is 10.9 Å². The number of pyridine rings is 1. The van der Waals surface area contributed by atoms with E-state index in [9.17, 15) is 22.8 Å². The molecule has 0 bridgehead atoms. The molecule has 2 aromatic carbocycles. The number of H-pyrrole nitrogens is 1. The molecule has 0 fully saturated rings. The van der Waals surface area contributed by atoms with Crippen LogP contribution in [0.5, 0.6) is 5.75 Å². The Hall–Kier alpha value is -3.71. The summed E-state index contributed by atoms with van der Waals surface area (Å²) in [4.78, 5) is 42.6. The Kier molecular flexibility index (Phi) is 9.25. The van der Waals surface area contributed by atoms with Crippen molar-refractivity contribution in [3.63, 3.8) is 0 Å². The summed E-state index contributed by atoms with van der Waals surface area (Å²) in [6, 6.07) is 14.0. The number of aromatic amines is 1. The second-order valence-electron chi connectivity index (χ2n) is 8.57. The number of thiophene rings is 1. The molecule has 0 saturated heterocycles. The number of carbonyl (C=O) groups excluding carboxylic acids is 2. The molecule has 0 saturated carbocycles. The van der Waals surface area contributed by atoms with Crippen LogP contribution >= 0.6 is 22.9 Å². The minimum Gasteiger partial charge on any atom is -0.496 e. The van der Waals surface area contributed by atoms with Gasteiger partial charge in [-0.3, -0.25) is 14.4 Å². The Morgan fingerprint density at radius 2 is 1.90 bits per heavy atom. The van der Waals surface area contributed by atoms with Gasteiger partial charge in [0, 0.05) is 22.0 Å². The summed E-state index contributed by atoms with van der Waals surface area (Å²) in [6.07, 6.45) is 0. The number of methoxy groups -OCH3 is 1. The first-order valence-corrected chi connectivity index (χ1v) is 14.8. The van der Waals surface area contributed by atoms with Crippen molar-refractivity contribution in [2.45, 2.75) is 24.4 Å². The van der Waals surface area contributed by atoms with Gasteiger partial charge in [-0.05, 0) is 48.0 Å². The van der Waals surface area contributed by atoms with Gasteiger partial charge in [0.05, 0.1) is 25.3 Å². The van der Waals surface area contributed by atoms with Crippen molar-refractivity contribution in [3.05, 3.63) is 91.9 Å². The van der Waals surface area contributed by atoms with Gasteiger partial charge in [-0.1, -0.05) is 35.9 Å². The highest BCUT2D eigenvalue weighted by molar-refractivity contribution is 7.89. The first kappa shape index (κ1) is 29.3. The van der Waals surface area contributed by atoms with Crippen molar-refractivity contribution in [2.75, 3.05) is 20.3 Å². The standard InChI is InChI=1S/C27H26ClN3O7S2/c1-3-38-25(33)16-31(15-18-7-6-12-39-18)27(34)26(19-8-4-5-9-22(19)37-2)30-40(35,36)23-13-17-10-11-24(32)29-21(17)14-20(23)28/h4-14,26,30H,3,15-16H2,1-2H3,(H,29,32)/t26-/m0/s1. The fraction of sp³-hybridized carbons (Fsp3) is 0.222. The third-order valence-corrected chi connectivity index (χ3v) is 8.65. The number of esters is 1. The van der Waals surface area contributed by atoms with Crippen LogP contribution in [0, 0.1) is 0 Å². The first-order valence-electron chi connectivity index (χ1n) is 12.1. The SMILES string of the molecule is CCOC(=O)CN(Cc1cccs1)C(=O)[C@@H](NS(=O)(=O)c1cc2ccc(=O)[nH]c2cc1Cl)c1ccccc1OC. The van der Waals surface area contributed by atoms with E-state index in [0.29, 0.717) is 10.9 Å². The minimum absolute atomic E-state index is 0.0484. The zero-order valence-electron chi connectivity index (χ0n) is 21.5. The summed E-state index contributed by atoms with van der Waals surface area (Å²) in [5.41, 5.74) is 0.219. The van der Waals surface area contributed by atoms with E-state index in [1.54, 1.807) is 37.3 Å². The number of nitrogens with one attached hydrogen (secondary N) is 2. The number of para-hydroxylation sites is 1. The number of fused-ring (bicyclic) bond motifs is 1. The van der Waals surface area contributed by atoms with Crippen molar-refractivity contribution < 1.29 is 27.5 Å². The highest BCUT2D eigenvalue weighted by Gasteiger charge is 2.34. The Bertz CT molecular complexity index is 1690. The zero-order chi connectivity index (χ0) is 28.9. The zero-order valence-corrected chi connectivity index (χ0v) is 23.9. The highest BCUT2D eigenvalue weighted by atomic mass is 35.5. The van der Waals surface area contributed by atoms with Crippen LogP contribution in [0.15, 0.2) is 75.7 Å². The number of sulfonamides is 1. The van der Waals surface area contributed by atoms with Crippen molar-refractivity contribution in [2.24, 2.45) is 0 Å². The molecule has 2 heterocycles. The molecule has 1 amide bonds. The van der Waals surface area contributed by atoms with Crippen LogP contribution in [-0.2, 0) is 30.9 Å². The third-order valence-electron chi connectivity index (χ3n) is 5.90. The van der Waals surface area contributed by atoms with Gasteiger partial charge in [0.25, 0.3) is 0 Å². The van der Waals surface area contributed by atoms with Crippen molar-refractivity contribution >= 4 is 55.7 Å². The largest absolute Gasteiger partial charge is 0.496 e. The minimum atomic E-state index is -4.43. The highest BCUT2D eigenvalue weighted by Crippen LogP contribution is 2.31. The molecule has 13 heteroatoms. The van der Waals surface area contributed by atoms with Crippen molar-refractivity contribution in [3.8, 4) is 5.75 Å². The lowest BCUT2D eigenvalue weighted by Gasteiger charge is -2.28. The van der Waals surface area contributed by atoms with Crippen LogP contribution in [0.4, 0.5) is 0 Å². The molecule has 0 aliphatic rings. The summed E-state index contributed by atoms with van der Waals surface area (Å²) in [6.45, 7) is 1.42. The molecule has 4 rings (SSSR count). The van der Waals surface area contributed by atoms with E-state index in [1.807, 2.05) is 11.4 Å². The molecule has 210 valence electrons. The van der Waals surface area contributed by atoms with E-state index >= 15 is 0 Å². The van der Waals surface area contributed by atoms with E-state index in [2.05, 4.69) is 9.71 Å². The van der Waals surface area contributed by atoms with Crippen LogP contribution in [0.2, 0.25) is 5.02 Å². The molecule has 0 spiro atoms. The van der Waals surface area contributed by atoms with Gasteiger partial charge < -0.3 is 19.4 Å². The van der Waals surface area contributed by atoms with Crippen LogP contribution in [-0.4, -0.2) is 50.4 Å². The molecule has 0 radical (unpaired) electrons. The van der Waals surface area contributed by atoms with Gasteiger partial charge in [-0.25, -0.2) is 8.42 Å². The first-order chi connectivity index (χ1) is 19.1. The molecule has 1 atom stereocenters. The van der Waals surface area contributed by atoms with Crippen LogP contribution in [0.3, 0.4) is 0 Å². The maximum absolute atomic E-state index is 14.1. The predicted molar refractivity (Wildman–Crippen MR) is 152 cm³/mol. The Morgan fingerprint density at radius 1 is 1.12 bits per heavy atom. The molecular weight excluding hydrogens is 578 g/mol. The average molecular weight is 604 g/mol. The number of nitrogens with zero attached hydrogens (tertiary/aromatic N) is 1. The maximum atomic E-state index is 14.1. The van der Waals surface area contributed by atoms with Crippen molar-refractivity contribution in [1.29, 1.82) is 0 Å². The predicted octanol–water partition coefficient (Wildman–Crippen LogP) is 3.86. The van der Waals surface area contributed by atoms with E-state index in [-0.39, 0.29) is 39.9 Å². The number of ether oxygens (including phenoxy) is 2. The topological polar surface area (TPSA) is 135 Å². The number of rotatable bonds is 11. The fourth-order valence-electron chi connectivity index (χ4n) is 4.08. The lowest BCUT2D eigenvalue weighted by molar-refractivity contribution is -0.149. The third kappa shape index (κ3) is 6.70. The van der Waals surface area contributed by atoms with Gasteiger partial charge in [-0.15, -0.1) is 11.3 Å². The summed E-state index contributed by atoms with van der Waals surface area (Å²) in [7, 11) is -3.03. The van der Waals surface area contributed by atoms with E-state index < -0.39 is 34.5 Å². The molecule has 2 aromatic heterocycles. The number of amides is 1. The van der Waals surface area contributed by atoms with Crippen LogP contribution < -0.4 is 15.0 Å². The second-order valence-corrected chi connectivity index (χ2v) is 11.7. The molecule has 0 aliphatic carbocycles. The number of hydrogen-bond donors (Lipinski definition) is 2. The molecule has 0 aliphatic heterocycles. The lowest BCUT2D eigenvalue weighted by Crippen LogP contribution is -2.44. The summed E-state index contributed by atoms with van der Waals surface area (Å²) in [5, 5.41) is 2.10. The number of benzene rings is 2. The fourth-order valence-corrected chi connectivity index (χ4v) is 6.53. The van der Waals surface area contributed by atoms with Gasteiger partial charge in [0.1, 0.15) is 23.2 Å². The van der Waals surface area contributed by atoms with Gasteiger partial charge in [-0.2, -0.15) is 4.72 Å². The summed E-state index contributed by atoms with van der Waals surface area (Å²) < 4.78 is 40.5. The molecule has 2 N–H and O–H groups in total. The number of halogens is 1. The van der Waals surface area contributed by atoms with E-state index in [0.717, 1.165) is 4.88 Å². The number of carbonyl (C=O) groups is 2.